The summed E-state index contributed by atoms with van der Waals surface area (Å²) in [7, 11) is 0. The Hall–Kier alpha value is -3.35. The van der Waals surface area contributed by atoms with Crippen molar-refractivity contribution in [2.45, 2.75) is 44.1 Å². The molecule has 1 unspecified atom stereocenters. The van der Waals surface area contributed by atoms with Crippen molar-refractivity contribution >= 4 is 18.0 Å². The molecule has 32 heavy (non-hydrogen) atoms. The molecule has 1 atom stereocenters. The number of hydrogen-bond donors (Lipinski definition) is 3. The molecule has 0 bridgehead atoms. The van der Waals surface area contributed by atoms with Gasteiger partial charge in [0.15, 0.2) is 0 Å². The summed E-state index contributed by atoms with van der Waals surface area (Å²) in [4.78, 5) is 35.4. The quantitative estimate of drug-likeness (QED) is 0.556. The lowest BCUT2D eigenvalue weighted by Gasteiger charge is -2.18. The average Bonchev–Trinajstić information content (AvgIpc) is 3.42. The van der Waals surface area contributed by atoms with Gasteiger partial charge in [-0.05, 0) is 41.0 Å². The van der Waals surface area contributed by atoms with E-state index in [2.05, 4.69) is 34.9 Å². The van der Waals surface area contributed by atoms with Crippen LogP contribution in [0.4, 0.5) is 4.79 Å². The highest BCUT2D eigenvalue weighted by atomic mass is 16.5. The Labute approximate surface area is 187 Å². The second kappa shape index (κ2) is 9.02. The Bertz CT molecular complexity index is 985. The van der Waals surface area contributed by atoms with E-state index < -0.39 is 17.6 Å². The van der Waals surface area contributed by atoms with Gasteiger partial charge in [-0.25, -0.2) is 4.79 Å². The summed E-state index contributed by atoms with van der Waals surface area (Å²) in [5.74, 6) is -1.20. The third kappa shape index (κ3) is 4.93. The molecular formula is C25H28N2O5. The number of ether oxygens (including phenoxy) is 1. The van der Waals surface area contributed by atoms with E-state index in [-0.39, 0.29) is 37.2 Å². The molecule has 1 saturated carbocycles. The minimum atomic E-state index is -0.909. The molecule has 0 aliphatic heterocycles. The van der Waals surface area contributed by atoms with Crippen LogP contribution >= 0.6 is 0 Å². The van der Waals surface area contributed by atoms with Crippen molar-refractivity contribution in [3.63, 3.8) is 0 Å². The smallest absolute Gasteiger partial charge is 0.407 e. The SMILES string of the molecule is CC(CNC(=O)OCC1c2ccccc2-c2ccccc21)CC(=O)NC1(CC(=O)O)CC1. The first-order valence-corrected chi connectivity index (χ1v) is 11.0. The van der Waals surface area contributed by atoms with Crippen LogP contribution in [0.3, 0.4) is 0 Å². The molecule has 2 amide bonds. The minimum Gasteiger partial charge on any atom is -0.481 e. The van der Waals surface area contributed by atoms with E-state index in [1.54, 1.807) is 0 Å². The molecule has 2 aromatic rings. The molecular weight excluding hydrogens is 408 g/mol. The molecule has 0 radical (unpaired) electrons. The van der Waals surface area contributed by atoms with Gasteiger partial charge in [0.05, 0.1) is 12.0 Å². The zero-order valence-corrected chi connectivity index (χ0v) is 18.1. The molecule has 2 aromatic carbocycles. The number of carboxylic acids is 1. The van der Waals surface area contributed by atoms with E-state index >= 15 is 0 Å². The molecule has 0 spiro atoms. The van der Waals surface area contributed by atoms with E-state index in [1.807, 2.05) is 31.2 Å². The summed E-state index contributed by atoms with van der Waals surface area (Å²) in [5.41, 5.74) is 4.08. The van der Waals surface area contributed by atoms with Crippen molar-refractivity contribution in [1.82, 2.24) is 10.6 Å². The largest absolute Gasteiger partial charge is 0.481 e. The molecule has 1 fully saturated rings. The van der Waals surface area contributed by atoms with E-state index in [0.717, 1.165) is 11.1 Å². The molecule has 7 nitrogen and oxygen atoms in total. The van der Waals surface area contributed by atoms with Crippen LogP contribution < -0.4 is 10.6 Å². The molecule has 4 rings (SSSR count). The number of carbonyl (C=O) groups excluding carboxylic acids is 2. The van der Waals surface area contributed by atoms with Crippen LogP contribution in [0, 0.1) is 5.92 Å². The molecule has 2 aliphatic carbocycles. The summed E-state index contributed by atoms with van der Waals surface area (Å²) >= 11 is 0. The Morgan fingerprint density at radius 2 is 1.66 bits per heavy atom. The second-order valence-corrected chi connectivity index (χ2v) is 8.91. The first-order chi connectivity index (χ1) is 15.4. The summed E-state index contributed by atoms with van der Waals surface area (Å²) in [6.45, 7) is 2.41. The average molecular weight is 437 g/mol. The van der Waals surface area contributed by atoms with Gasteiger partial charge in [0.1, 0.15) is 6.61 Å². The van der Waals surface area contributed by atoms with Gasteiger partial charge >= 0.3 is 12.1 Å². The normalized spacial score (nSPS) is 16.4. The van der Waals surface area contributed by atoms with Crippen LogP contribution in [0.15, 0.2) is 48.5 Å². The van der Waals surface area contributed by atoms with Crippen molar-refractivity contribution in [3.8, 4) is 11.1 Å². The Balaban J connectivity index is 1.24. The van der Waals surface area contributed by atoms with Crippen LogP contribution in [0.1, 0.15) is 49.7 Å². The van der Waals surface area contributed by atoms with E-state index in [4.69, 9.17) is 9.84 Å². The minimum absolute atomic E-state index is 0.000294. The highest BCUT2D eigenvalue weighted by molar-refractivity contribution is 5.80. The van der Waals surface area contributed by atoms with Gasteiger partial charge in [-0.3, -0.25) is 9.59 Å². The Kier molecular flexibility index (Phi) is 6.17. The number of aliphatic carboxylic acids is 1. The topological polar surface area (TPSA) is 105 Å². The number of carboxylic acid groups (broad SMARTS) is 1. The molecule has 7 heteroatoms. The van der Waals surface area contributed by atoms with Crippen molar-refractivity contribution in [1.29, 1.82) is 0 Å². The zero-order valence-electron chi connectivity index (χ0n) is 18.1. The maximum Gasteiger partial charge on any atom is 0.407 e. The number of hydrogen-bond acceptors (Lipinski definition) is 4. The first kappa shape index (κ1) is 21.9. The monoisotopic (exact) mass is 436 g/mol. The fourth-order valence-corrected chi connectivity index (χ4v) is 4.43. The van der Waals surface area contributed by atoms with Crippen LogP contribution in [0.2, 0.25) is 0 Å². The van der Waals surface area contributed by atoms with Crippen molar-refractivity contribution in [2.75, 3.05) is 13.2 Å². The van der Waals surface area contributed by atoms with Crippen molar-refractivity contribution in [3.05, 3.63) is 59.7 Å². The summed E-state index contributed by atoms with van der Waals surface area (Å²) < 4.78 is 5.51. The maximum atomic E-state index is 12.3. The van der Waals surface area contributed by atoms with Gasteiger partial charge in [-0.2, -0.15) is 0 Å². The van der Waals surface area contributed by atoms with Crippen LogP contribution in [-0.4, -0.2) is 41.8 Å². The van der Waals surface area contributed by atoms with E-state index in [9.17, 15) is 14.4 Å². The van der Waals surface area contributed by atoms with E-state index in [0.29, 0.717) is 19.4 Å². The Morgan fingerprint density at radius 1 is 1.06 bits per heavy atom. The lowest BCUT2D eigenvalue weighted by atomic mass is 9.98. The fraction of sp³-hybridized carbons (Fsp3) is 0.400. The number of rotatable bonds is 9. The molecule has 168 valence electrons. The number of alkyl carbamates (subject to hydrolysis) is 1. The van der Waals surface area contributed by atoms with Crippen LogP contribution in [-0.2, 0) is 14.3 Å². The van der Waals surface area contributed by atoms with Crippen LogP contribution in [0.25, 0.3) is 11.1 Å². The lowest BCUT2D eigenvalue weighted by Crippen LogP contribution is -2.40. The Morgan fingerprint density at radius 3 is 2.22 bits per heavy atom. The second-order valence-electron chi connectivity index (χ2n) is 8.91. The van der Waals surface area contributed by atoms with Gasteiger partial charge in [0.2, 0.25) is 5.91 Å². The predicted octanol–water partition coefficient (Wildman–Crippen LogP) is 3.67. The van der Waals surface area contributed by atoms with Gasteiger partial charge in [0.25, 0.3) is 0 Å². The number of fused-ring (bicyclic) bond motifs is 3. The van der Waals surface area contributed by atoms with Gasteiger partial charge in [-0.1, -0.05) is 55.5 Å². The first-order valence-electron chi connectivity index (χ1n) is 11.0. The van der Waals surface area contributed by atoms with Crippen molar-refractivity contribution in [2.24, 2.45) is 5.92 Å². The molecule has 3 N–H and O–H groups in total. The standard InChI is InChI=1S/C25H28N2O5/c1-16(12-22(28)27-25(10-11-25)13-23(29)30)14-26-24(31)32-15-21-19-8-4-2-6-17(19)18-7-3-5-9-20(18)21/h2-9,16,21H,10-15H2,1H3,(H,26,31)(H,27,28)(H,29,30). The summed E-state index contributed by atoms with van der Waals surface area (Å²) in [6, 6.07) is 16.3. The highest BCUT2D eigenvalue weighted by Gasteiger charge is 2.45. The summed E-state index contributed by atoms with van der Waals surface area (Å²) in [6.07, 6.45) is 1.04. The fourth-order valence-electron chi connectivity index (χ4n) is 4.43. The predicted molar refractivity (Wildman–Crippen MR) is 119 cm³/mol. The number of amides is 2. The zero-order chi connectivity index (χ0) is 22.7. The number of benzene rings is 2. The number of carbonyl (C=O) groups is 3. The van der Waals surface area contributed by atoms with Crippen molar-refractivity contribution < 1.29 is 24.2 Å². The lowest BCUT2D eigenvalue weighted by molar-refractivity contribution is -0.138. The highest BCUT2D eigenvalue weighted by Crippen LogP contribution is 2.44. The van der Waals surface area contributed by atoms with Gasteiger partial charge in [-0.15, -0.1) is 0 Å². The van der Waals surface area contributed by atoms with Gasteiger partial charge < -0.3 is 20.5 Å². The maximum absolute atomic E-state index is 12.3. The number of nitrogens with one attached hydrogen (secondary N) is 2. The molecule has 2 aliphatic rings. The molecule has 0 aromatic heterocycles. The third-order valence-corrected chi connectivity index (χ3v) is 6.22. The molecule has 0 heterocycles. The summed E-state index contributed by atoms with van der Waals surface area (Å²) in [5, 5.41) is 14.5. The molecule has 0 saturated heterocycles. The third-order valence-electron chi connectivity index (χ3n) is 6.22. The van der Waals surface area contributed by atoms with E-state index in [1.165, 1.54) is 11.1 Å². The van der Waals surface area contributed by atoms with Gasteiger partial charge in [0, 0.05) is 18.9 Å². The van der Waals surface area contributed by atoms with Crippen LogP contribution in [0.5, 0.6) is 0 Å².